The highest BCUT2D eigenvalue weighted by atomic mass is 32.1. The number of hydrogen-bond donors (Lipinski definition) is 0. The van der Waals surface area contributed by atoms with Crippen LogP contribution in [0.4, 0.5) is 0 Å². The number of allylic oxidation sites excluding steroid dienone is 1. The van der Waals surface area contributed by atoms with Crippen LogP contribution in [0.25, 0.3) is 6.08 Å². The normalized spacial score (nSPS) is 20.7. The van der Waals surface area contributed by atoms with E-state index >= 15 is 0 Å². The number of fused-ring (bicyclic) bond motifs is 1. The van der Waals surface area contributed by atoms with Crippen molar-refractivity contribution in [3.63, 3.8) is 0 Å². The molecular formula is C26H24N2O4S2. The number of hydrazone groups is 1. The minimum Gasteiger partial charge on any atom is -0.497 e. The Hall–Kier alpha value is -3.23. The lowest BCUT2D eigenvalue weighted by atomic mass is 9.79. The Morgan fingerprint density at radius 3 is 2.62 bits per heavy atom. The number of ether oxygens (including phenoxy) is 2. The molecule has 0 saturated heterocycles. The highest BCUT2D eigenvalue weighted by molar-refractivity contribution is 7.11. The van der Waals surface area contributed by atoms with E-state index in [2.05, 4.69) is 23.6 Å². The van der Waals surface area contributed by atoms with E-state index in [0.29, 0.717) is 11.3 Å². The second-order valence-corrected chi connectivity index (χ2v) is 10.1. The molecule has 1 aliphatic heterocycles. The first kappa shape index (κ1) is 22.6. The minimum atomic E-state index is -0.550. The average molecular weight is 493 g/mol. The average Bonchev–Trinajstić information content (AvgIpc) is 3.63. The van der Waals surface area contributed by atoms with E-state index < -0.39 is 5.97 Å². The summed E-state index contributed by atoms with van der Waals surface area (Å²) in [6, 6.07) is 14.6. The Morgan fingerprint density at radius 1 is 1.12 bits per heavy atom. The lowest BCUT2D eigenvalue weighted by Crippen LogP contribution is -2.34. The topological polar surface area (TPSA) is 68.2 Å². The standard InChI is InChI=1S/C26H24N2O4S2/c1-31-19-11-9-17(10-12-19)26(30)32-16-23(29)28-25(22-8-4-14-34-22)21-7-2-5-18(24(21)27-28)15-20-6-3-13-33-20/h3-4,6,8-15,21,25H,2,5,7,16H2,1H3. The van der Waals surface area contributed by atoms with E-state index in [4.69, 9.17) is 14.6 Å². The Balaban J connectivity index is 1.37. The molecule has 1 amide bonds. The molecule has 34 heavy (non-hydrogen) atoms. The number of esters is 1. The fourth-order valence-electron chi connectivity index (χ4n) is 4.49. The zero-order valence-electron chi connectivity index (χ0n) is 18.7. The minimum absolute atomic E-state index is 0.139. The van der Waals surface area contributed by atoms with Gasteiger partial charge in [0.1, 0.15) is 5.75 Å². The molecule has 2 aromatic heterocycles. The SMILES string of the molecule is COc1ccc(C(=O)OCC(=O)N2N=C3C(=Cc4cccs4)CCCC3C2c2cccs2)cc1. The molecule has 0 spiro atoms. The van der Waals surface area contributed by atoms with Gasteiger partial charge < -0.3 is 9.47 Å². The Kier molecular flexibility index (Phi) is 6.60. The molecule has 1 fully saturated rings. The molecule has 3 heterocycles. The van der Waals surface area contributed by atoms with Gasteiger partial charge in [-0.1, -0.05) is 12.1 Å². The Bertz CT molecular complexity index is 1210. The zero-order valence-corrected chi connectivity index (χ0v) is 20.3. The van der Waals surface area contributed by atoms with Gasteiger partial charge in [0.25, 0.3) is 5.91 Å². The summed E-state index contributed by atoms with van der Waals surface area (Å²) >= 11 is 3.32. The monoisotopic (exact) mass is 492 g/mol. The third kappa shape index (κ3) is 4.56. The predicted octanol–water partition coefficient (Wildman–Crippen LogP) is 5.80. The van der Waals surface area contributed by atoms with E-state index in [1.807, 2.05) is 17.5 Å². The maximum atomic E-state index is 13.3. The summed E-state index contributed by atoms with van der Waals surface area (Å²) in [5, 5.41) is 10.4. The lowest BCUT2D eigenvalue weighted by molar-refractivity contribution is -0.136. The second kappa shape index (κ2) is 9.95. The van der Waals surface area contributed by atoms with Gasteiger partial charge in [0, 0.05) is 15.7 Å². The van der Waals surface area contributed by atoms with E-state index in [9.17, 15) is 9.59 Å². The molecule has 8 heteroatoms. The Morgan fingerprint density at radius 2 is 1.91 bits per heavy atom. The largest absolute Gasteiger partial charge is 0.497 e. The van der Waals surface area contributed by atoms with Crippen LogP contribution in [0.3, 0.4) is 0 Å². The molecule has 5 rings (SSSR count). The highest BCUT2D eigenvalue weighted by Crippen LogP contribution is 2.45. The van der Waals surface area contributed by atoms with Gasteiger partial charge in [-0.25, -0.2) is 9.80 Å². The summed E-state index contributed by atoms with van der Waals surface area (Å²) < 4.78 is 10.5. The van der Waals surface area contributed by atoms with Crippen molar-refractivity contribution in [2.45, 2.75) is 25.3 Å². The van der Waals surface area contributed by atoms with Crippen molar-refractivity contribution in [3.8, 4) is 5.75 Å². The summed E-state index contributed by atoms with van der Waals surface area (Å²) in [6.07, 6.45) is 5.16. The molecule has 2 aliphatic rings. The first-order valence-electron chi connectivity index (χ1n) is 11.1. The lowest BCUT2D eigenvalue weighted by Gasteiger charge is -2.28. The van der Waals surface area contributed by atoms with Crippen molar-refractivity contribution in [2.75, 3.05) is 13.7 Å². The van der Waals surface area contributed by atoms with Crippen molar-refractivity contribution in [2.24, 2.45) is 11.0 Å². The maximum Gasteiger partial charge on any atom is 0.338 e. The summed E-state index contributed by atoms with van der Waals surface area (Å²) in [4.78, 5) is 28.0. The number of carbonyl (C=O) groups is 2. The van der Waals surface area contributed by atoms with Crippen LogP contribution in [-0.4, -0.2) is 36.3 Å². The number of carbonyl (C=O) groups excluding carboxylic acids is 2. The van der Waals surface area contributed by atoms with E-state index in [1.54, 1.807) is 59.1 Å². The molecule has 0 bridgehead atoms. The van der Waals surface area contributed by atoms with E-state index in [1.165, 1.54) is 10.5 Å². The van der Waals surface area contributed by atoms with E-state index in [-0.39, 0.29) is 24.5 Å². The third-order valence-corrected chi connectivity index (χ3v) is 7.87. The van der Waals surface area contributed by atoms with Crippen LogP contribution in [0, 0.1) is 5.92 Å². The van der Waals surface area contributed by atoms with Crippen LogP contribution in [0.15, 0.2) is 70.0 Å². The van der Waals surface area contributed by atoms with Crippen molar-refractivity contribution in [1.82, 2.24) is 5.01 Å². The van der Waals surface area contributed by atoms with Crippen LogP contribution in [0.1, 0.15) is 45.4 Å². The van der Waals surface area contributed by atoms with Gasteiger partial charge >= 0.3 is 5.97 Å². The summed E-state index contributed by atoms with van der Waals surface area (Å²) in [5.74, 6) is -0.0861. The van der Waals surface area contributed by atoms with Gasteiger partial charge in [0.15, 0.2) is 6.61 Å². The van der Waals surface area contributed by atoms with Gasteiger partial charge in [-0.15, -0.1) is 22.7 Å². The molecule has 2 unspecified atom stereocenters. The number of thiophene rings is 2. The van der Waals surface area contributed by atoms with Gasteiger partial charge in [0.2, 0.25) is 0 Å². The van der Waals surface area contributed by atoms with Crippen LogP contribution in [-0.2, 0) is 9.53 Å². The van der Waals surface area contributed by atoms with Crippen LogP contribution in [0.5, 0.6) is 5.75 Å². The van der Waals surface area contributed by atoms with Gasteiger partial charge in [-0.3, -0.25) is 4.79 Å². The molecule has 0 N–H and O–H groups in total. The first-order valence-corrected chi connectivity index (χ1v) is 12.9. The van der Waals surface area contributed by atoms with Crippen LogP contribution >= 0.6 is 22.7 Å². The molecule has 3 aromatic rings. The molecule has 174 valence electrons. The number of hydrogen-bond acceptors (Lipinski definition) is 7. The molecule has 1 saturated carbocycles. The van der Waals surface area contributed by atoms with E-state index in [0.717, 1.165) is 29.9 Å². The van der Waals surface area contributed by atoms with Crippen molar-refractivity contribution < 1.29 is 19.1 Å². The first-order chi connectivity index (χ1) is 16.6. The van der Waals surface area contributed by atoms with Crippen LogP contribution in [0.2, 0.25) is 0 Å². The molecule has 6 nitrogen and oxygen atoms in total. The summed E-state index contributed by atoms with van der Waals surface area (Å²) in [7, 11) is 1.56. The van der Waals surface area contributed by atoms with Gasteiger partial charge in [-0.2, -0.15) is 5.10 Å². The fourth-order valence-corrected chi connectivity index (χ4v) is 6.05. The second-order valence-electron chi connectivity index (χ2n) is 8.17. The molecule has 1 aliphatic carbocycles. The predicted molar refractivity (Wildman–Crippen MR) is 134 cm³/mol. The molecular weight excluding hydrogens is 468 g/mol. The van der Waals surface area contributed by atoms with Gasteiger partial charge in [-0.05, 0) is 78.1 Å². The maximum absolute atomic E-state index is 13.3. The van der Waals surface area contributed by atoms with Crippen LogP contribution < -0.4 is 4.74 Å². The van der Waals surface area contributed by atoms with Crippen molar-refractivity contribution in [3.05, 3.63) is 80.2 Å². The number of nitrogens with zero attached hydrogens (tertiary/aromatic N) is 2. The van der Waals surface area contributed by atoms with Crippen molar-refractivity contribution in [1.29, 1.82) is 0 Å². The summed E-state index contributed by atoms with van der Waals surface area (Å²) in [6.45, 7) is -0.361. The number of amides is 1. The number of benzene rings is 1. The Labute approximate surface area is 206 Å². The molecule has 0 radical (unpaired) electrons. The third-order valence-electron chi connectivity index (χ3n) is 6.10. The fraction of sp³-hybridized carbons (Fsp3) is 0.269. The zero-order chi connectivity index (χ0) is 23.5. The van der Waals surface area contributed by atoms with Crippen molar-refractivity contribution >= 4 is 46.3 Å². The number of rotatable bonds is 6. The quantitative estimate of drug-likeness (QED) is 0.408. The van der Waals surface area contributed by atoms with Gasteiger partial charge in [0.05, 0.1) is 24.4 Å². The summed E-state index contributed by atoms with van der Waals surface area (Å²) in [5.41, 5.74) is 2.53. The number of methoxy groups -OCH3 is 1. The highest BCUT2D eigenvalue weighted by Gasteiger charge is 2.44. The molecule has 1 aromatic carbocycles. The molecule has 2 atom stereocenters. The smallest absolute Gasteiger partial charge is 0.338 e.